The fourth-order valence-electron chi connectivity index (χ4n) is 2.18. The third kappa shape index (κ3) is 1.85. The molecular formula is C10H16OS. The van der Waals surface area contributed by atoms with Gasteiger partial charge < -0.3 is 0 Å². The molecular weight excluding hydrogens is 168 g/mol. The van der Waals surface area contributed by atoms with E-state index in [2.05, 4.69) is 0 Å². The number of hydrogen-bond donors (Lipinski definition) is 0. The standard InChI is InChI=1S/C10H16OS/c11-9-6-3-7-10(9)12-8-4-1-2-5-8/h8,10H,1-7H2. The van der Waals surface area contributed by atoms with E-state index >= 15 is 0 Å². The summed E-state index contributed by atoms with van der Waals surface area (Å²) >= 11 is 1.97. The van der Waals surface area contributed by atoms with E-state index < -0.39 is 0 Å². The summed E-state index contributed by atoms with van der Waals surface area (Å²) in [6, 6.07) is 0. The smallest absolute Gasteiger partial charge is 0.145 e. The van der Waals surface area contributed by atoms with E-state index in [0.717, 1.165) is 24.5 Å². The van der Waals surface area contributed by atoms with Crippen LogP contribution in [0.5, 0.6) is 0 Å². The molecule has 2 heteroatoms. The fourth-order valence-corrected chi connectivity index (χ4v) is 3.83. The van der Waals surface area contributed by atoms with Crippen molar-refractivity contribution in [2.75, 3.05) is 0 Å². The molecule has 1 unspecified atom stereocenters. The Morgan fingerprint density at radius 1 is 1.08 bits per heavy atom. The Morgan fingerprint density at radius 3 is 2.42 bits per heavy atom. The molecule has 0 radical (unpaired) electrons. The molecule has 0 aliphatic heterocycles. The van der Waals surface area contributed by atoms with Crippen molar-refractivity contribution in [1.82, 2.24) is 0 Å². The summed E-state index contributed by atoms with van der Waals surface area (Å²) in [5, 5.41) is 1.20. The van der Waals surface area contributed by atoms with Gasteiger partial charge in [-0.3, -0.25) is 4.79 Å². The van der Waals surface area contributed by atoms with Crippen molar-refractivity contribution in [3.05, 3.63) is 0 Å². The summed E-state index contributed by atoms with van der Waals surface area (Å²) in [7, 11) is 0. The van der Waals surface area contributed by atoms with Crippen molar-refractivity contribution in [2.45, 2.75) is 55.4 Å². The van der Waals surface area contributed by atoms with Crippen molar-refractivity contribution < 1.29 is 4.79 Å². The maximum atomic E-state index is 11.3. The largest absolute Gasteiger partial charge is 0.298 e. The van der Waals surface area contributed by atoms with Crippen molar-refractivity contribution in [3.8, 4) is 0 Å². The first-order chi connectivity index (χ1) is 5.86. The molecule has 1 nitrogen and oxygen atoms in total. The zero-order valence-corrected chi connectivity index (χ0v) is 8.24. The van der Waals surface area contributed by atoms with Crippen LogP contribution in [0.4, 0.5) is 0 Å². The lowest BCUT2D eigenvalue weighted by Gasteiger charge is -2.12. The average molecular weight is 184 g/mol. The predicted octanol–water partition coefficient (Wildman–Crippen LogP) is 2.78. The van der Waals surface area contributed by atoms with Crippen LogP contribution in [0.1, 0.15) is 44.9 Å². The van der Waals surface area contributed by atoms with Crippen LogP contribution >= 0.6 is 11.8 Å². The van der Waals surface area contributed by atoms with Crippen LogP contribution in [-0.2, 0) is 4.79 Å². The molecule has 2 aliphatic rings. The minimum Gasteiger partial charge on any atom is -0.298 e. The third-order valence-corrected chi connectivity index (χ3v) is 4.59. The molecule has 2 rings (SSSR count). The molecule has 0 bridgehead atoms. The fraction of sp³-hybridized carbons (Fsp3) is 0.900. The van der Waals surface area contributed by atoms with Gasteiger partial charge in [-0.2, -0.15) is 0 Å². The van der Waals surface area contributed by atoms with Gasteiger partial charge in [0.15, 0.2) is 0 Å². The SMILES string of the molecule is O=C1CCCC1SC1CCCC1. The molecule has 2 saturated carbocycles. The molecule has 68 valence electrons. The number of hydrogen-bond acceptors (Lipinski definition) is 2. The highest BCUT2D eigenvalue weighted by Crippen LogP contribution is 2.36. The maximum Gasteiger partial charge on any atom is 0.145 e. The van der Waals surface area contributed by atoms with Gasteiger partial charge in [-0.15, -0.1) is 11.8 Å². The number of thioether (sulfide) groups is 1. The number of rotatable bonds is 2. The van der Waals surface area contributed by atoms with E-state index in [9.17, 15) is 4.79 Å². The van der Waals surface area contributed by atoms with Crippen molar-refractivity contribution in [2.24, 2.45) is 0 Å². The van der Waals surface area contributed by atoms with Crippen molar-refractivity contribution in [1.29, 1.82) is 0 Å². The zero-order valence-electron chi connectivity index (χ0n) is 7.42. The highest BCUT2D eigenvalue weighted by Gasteiger charge is 2.28. The first-order valence-electron chi connectivity index (χ1n) is 5.04. The molecule has 2 aliphatic carbocycles. The van der Waals surface area contributed by atoms with Crippen molar-refractivity contribution in [3.63, 3.8) is 0 Å². The summed E-state index contributed by atoms with van der Waals surface area (Å²) < 4.78 is 0. The first-order valence-corrected chi connectivity index (χ1v) is 5.99. The Balaban J connectivity index is 1.81. The number of carbonyl (C=O) groups excluding carboxylic acids is 1. The highest BCUT2D eigenvalue weighted by molar-refractivity contribution is 8.01. The second-order valence-electron chi connectivity index (χ2n) is 3.89. The molecule has 0 aromatic rings. The van der Waals surface area contributed by atoms with Crippen LogP contribution in [0.15, 0.2) is 0 Å². The Kier molecular flexibility index (Phi) is 2.74. The molecule has 0 saturated heterocycles. The Labute approximate surface area is 78.3 Å². The van der Waals surface area contributed by atoms with E-state index in [4.69, 9.17) is 0 Å². The zero-order chi connectivity index (χ0) is 8.39. The van der Waals surface area contributed by atoms with E-state index in [1.807, 2.05) is 11.8 Å². The minimum absolute atomic E-state index is 0.382. The highest BCUT2D eigenvalue weighted by atomic mass is 32.2. The van der Waals surface area contributed by atoms with Crippen LogP contribution in [0.3, 0.4) is 0 Å². The number of Topliss-reactive ketones (excluding diaryl/α,β-unsaturated/α-hetero) is 1. The quantitative estimate of drug-likeness (QED) is 0.656. The minimum atomic E-state index is 0.382. The van der Waals surface area contributed by atoms with Gasteiger partial charge in [-0.25, -0.2) is 0 Å². The van der Waals surface area contributed by atoms with E-state index in [0.29, 0.717) is 11.0 Å². The lowest BCUT2D eigenvalue weighted by molar-refractivity contribution is -0.116. The Hall–Kier alpha value is 0.0200. The molecule has 0 aromatic heterocycles. The summed E-state index contributed by atoms with van der Waals surface area (Å²) in [5.74, 6) is 0.520. The van der Waals surface area contributed by atoms with Gasteiger partial charge in [0.2, 0.25) is 0 Å². The summed E-state index contributed by atoms with van der Waals surface area (Å²) in [6.45, 7) is 0. The number of ketones is 1. The molecule has 0 heterocycles. The maximum absolute atomic E-state index is 11.3. The molecule has 0 amide bonds. The van der Waals surface area contributed by atoms with Crippen LogP contribution in [-0.4, -0.2) is 16.3 Å². The predicted molar refractivity (Wildman–Crippen MR) is 52.5 cm³/mol. The molecule has 1 atom stereocenters. The van der Waals surface area contributed by atoms with Crippen LogP contribution in [0.2, 0.25) is 0 Å². The van der Waals surface area contributed by atoms with Gasteiger partial charge in [0.1, 0.15) is 5.78 Å². The molecule has 0 aromatic carbocycles. The monoisotopic (exact) mass is 184 g/mol. The van der Waals surface area contributed by atoms with E-state index in [1.165, 1.54) is 25.7 Å². The normalized spacial score (nSPS) is 31.7. The Bertz CT molecular complexity index is 173. The molecule has 0 N–H and O–H groups in total. The van der Waals surface area contributed by atoms with Crippen molar-refractivity contribution >= 4 is 17.5 Å². The van der Waals surface area contributed by atoms with E-state index in [1.54, 1.807) is 0 Å². The summed E-state index contributed by atoms with van der Waals surface area (Å²) in [5.41, 5.74) is 0. The molecule has 12 heavy (non-hydrogen) atoms. The molecule has 0 spiro atoms. The second kappa shape index (κ2) is 3.82. The number of carbonyl (C=O) groups is 1. The van der Waals surface area contributed by atoms with E-state index in [-0.39, 0.29) is 0 Å². The van der Waals surface area contributed by atoms with Gasteiger partial charge in [0, 0.05) is 11.7 Å². The summed E-state index contributed by atoms with van der Waals surface area (Å²) in [6.07, 6.45) is 8.63. The third-order valence-electron chi connectivity index (χ3n) is 2.91. The molecule has 2 fully saturated rings. The lowest BCUT2D eigenvalue weighted by atomic mass is 10.3. The first kappa shape index (κ1) is 8.61. The Morgan fingerprint density at radius 2 is 1.83 bits per heavy atom. The average Bonchev–Trinajstić information content (AvgIpc) is 2.65. The lowest BCUT2D eigenvalue weighted by Crippen LogP contribution is -2.12. The van der Waals surface area contributed by atoms with Crippen LogP contribution in [0, 0.1) is 0 Å². The van der Waals surface area contributed by atoms with Crippen LogP contribution in [0.25, 0.3) is 0 Å². The van der Waals surface area contributed by atoms with Gasteiger partial charge in [-0.1, -0.05) is 12.8 Å². The second-order valence-corrected chi connectivity index (χ2v) is 5.40. The topological polar surface area (TPSA) is 17.1 Å². The summed E-state index contributed by atoms with van der Waals surface area (Å²) in [4.78, 5) is 11.3. The van der Waals surface area contributed by atoms with Gasteiger partial charge >= 0.3 is 0 Å². The van der Waals surface area contributed by atoms with Gasteiger partial charge in [-0.05, 0) is 25.7 Å². The van der Waals surface area contributed by atoms with Gasteiger partial charge in [0.05, 0.1) is 5.25 Å². The van der Waals surface area contributed by atoms with Gasteiger partial charge in [0.25, 0.3) is 0 Å². The van der Waals surface area contributed by atoms with Crippen LogP contribution < -0.4 is 0 Å².